The summed E-state index contributed by atoms with van der Waals surface area (Å²) in [5.41, 5.74) is 3.25. The Kier molecular flexibility index (Phi) is 9.59. The highest BCUT2D eigenvalue weighted by Crippen LogP contribution is 2.27. The first-order valence-corrected chi connectivity index (χ1v) is 13.1. The van der Waals surface area contributed by atoms with Gasteiger partial charge in [-0.2, -0.15) is 0 Å². The number of halogens is 2. The number of hydrogen-bond donors (Lipinski definition) is 2. The van der Waals surface area contributed by atoms with Crippen LogP contribution in [0.25, 0.3) is 0 Å². The van der Waals surface area contributed by atoms with Crippen LogP contribution in [0.5, 0.6) is 0 Å². The van der Waals surface area contributed by atoms with E-state index in [4.69, 9.17) is 23.2 Å². The van der Waals surface area contributed by atoms with E-state index in [1.54, 1.807) is 18.2 Å². The van der Waals surface area contributed by atoms with Crippen LogP contribution >= 0.6 is 35.0 Å². The van der Waals surface area contributed by atoms with E-state index in [2.05, 4.69) is 27.4 Å². The second-order valence-electron chi connectivity index (χ2n) is 8.64. The maximum absolute atomic E-state index is 13.0. The second kappa shape index (κ2) is 12.4. The zero-order valence-electron chi connectivity index (χ0n) is 20.6. The third kappa shape index (κ3) is 6.69. The summed E-state index contributed by atoms with van der Waals surface area (Å²) >= 11 is 13.5. The lowest BCUT2D eigenvalue weighted by Crippen LogP contribution is -2.34. The molecular formula is C26H29Cl2N5O2S. The summed E-state index contributed by atoms with van der Waals surface area (Å²) in [6.07, 6.45) is 1.72. The standard InChI is InChI=1S/C26H29Cl2N5O2S/c1-6-12-33-24(23(15(2)3)30-25(35)19-11-10-18(27)13-20(19)28)31-32-26(33)36-14-22(34)29-21-9-7-8-16(4)17(21)5/h6-11,13,15,23H,1,12,14H2,2-5H3,(H,29,34)(H,30,35)/t23-/m1/s1. The molecule has 1 atom stereocenters. The predicted octanol–water partition coefficient (Wildman–Crippen LogP) is 6.25. The number of nitrogens with zero attached hydrogens (tertiary/aromatic N) is 3. The van der Waals surface area contributed by atoms with Gasteiger partial charge in [0, 0.05) is 17.3 Å². The number of amides is 2. The lowest BCUT2D eigenvalue weighted by molar-refractivity contribution is -0.113. The Morgan fingerprint density at radius 2 is 1.92 bits per heavy atom. The molecule has 0 radical (unpaired) electrons. The largest absolute Gasteiger partial charge is 0.342 e. The normalized spacial score (nSPS) is 11.9. The van der Waals surface area contributed by atoms with Crippen molar-refractivity contribution >= 4 is 52.5 Å². The molecule has 0 saturated heterocycles. The first kappa shape index (κ1) is 27.8. The van der Waals surface area contributed by atoms with Crippen LogP contribution in [-0.4, -0.2) is 32.3 Å². The van der Waals surface area contributed by atoms with E-state index in [1.807, 2.05) is 50.5 Å². The van der Waals surface area contributed by atoms with E-state index in [0.29, 0.717) is 28.1 Å². The molecule has 36 heavy (non-hydrogen) atoms. The number of carbonyl (C=O) groups excluding carboxylic acids is 2. The molecule has 7 nitrogen and oxygen atoms in total. The third-order valence-corrected chi connectivity index (χ3v) is 7.19. The average Bonchev–Trinajstić information content (AvgIpc) is 3.21. The minimum atomic E-state index is -0.449. The van der Waals surface area contributed by atoms with E-state index in [-0.39, 0.29) is 28.5 Å². The zero-order chi connectivity index (χ0) is 26.4. The Morgan fingerprint density at radius 1 is 1.17 bits per heavy atom. The van der Waals surface area contributed by atoms with Gasteiger partial charge in [0.1, 0.15) is 0 Å². The van der Waals surface area contributed by atoms with E-state index in [0.717, 1.165) is 16.8 Å². The fraction of sp³-hybridized carbons (Fsp3) is 0.308. The highest BCUT2D eigenvalue weighted by Gasteiger charge is 2.27. The number of benzene rings is 2. The topological polar surface area (TPSA) is 88.9 Å². The van der Waals surface area contributed by atoms with Gasteiger partial charge in [-0.3, -0.25) is 9.59 Å². The van der Waals surface area contributed by atoms with Gasteiger partial charge in [-0.1, -0.05) is 67.0 Å². The Hall–Kier alpha value is -2.81. The molecule has 0 unspecified atom stereocenters. The molecule has 2 aromatic carbocycles. The molecule has 3 aromatic rings. The van der Waals surface area contributed by atoms with Crippen molar-refractivity contribution in [1.29, 1.82) is 0 Å². The smallest absolute Gasteiger partial charge is 0.253 e. The van der Waals surface area contributed by atoms with Crippen molar-refractivity contribution in [3.05, 3.63) is 81.6 Å². The summed E-state index contributed by atoms with van der Waals surface area (Å²) in [5, 5.41) is 15.9. The van der Waals surface area contributed by atoms with Gasteiger partial charge in [0.2, 0.25) is 5.91 Å². The molecule has 1 heterocycles. The SMILES string of the molecule is C=CCn1c(SCC(=O)Nc2cccc(C)c2C)nnc1[C@H](NC(=O)c1ccc(Cl)cc1Cl)C(C)C. The Labute approximate surface area is 225 Å². The van der Waals surface area contributed by atoms with Crippen molar-refractivity contribution in [2.45, 2.75) is 45.4 Å². The third-order valence-electron chi connectivity index (χ3n) is 5.68. The number of anilines is 1. The van der Waals surface area contributed by atoms with Crippen LogP contribution in [-0.2, 0) is 11.3 Å². The van der Waals surface area contributed by atoms with Crippen LogP contribution in [0.3, 0.4) is 0 Å². The summed E-state index contributed by atoms with van der Waals surface area (Å²) in [5.74, 6) is 0.237. The van der Waals surface area contributed by atoms with E-state index in [9.17, 15) is 9.59 Å². The van der Waals surface area contributed by atoms with Gasteiger partial charge >= 0.3 is 0 Å². The minimum Gasteiger partial charge on any atom is -0.342 e. The number of aromatic nitrogens is 3. The van der Waals surface area contributed by atoms with E-state index < -0.39 is 6.04 Å². The zero-order valence-corrected chi connectivity index (χ0v) is 23.0. The Balaban J connectivity index is 1.78. The second-order valence-corrected chi connectivity index (χ2v) is 10.4. The molecule has 0 aliphatic carbocycles. The van der Waals surface area contributed by atoms with Gasteiger partial charge in [-0.25, -0.2) is 0 Å². The van der Waals surface area contributed by atoms with Gasteiger partial charge < -0.3 is 15.2 Å². The molecule has 2 N–H and O–H groups in total. The molecule has 0 aliphatic heterocycles. The monoisotopic (exact) mass is 545 g/mol. The number of nitrogens with one attached hydrogen (secondary N) is 2. The van der Waals surface area contributed by atoms with Crippen molar-refractivity contribution in [1.82, 2.24) is 20.1 Å². The van der Waals surface area contributed by atoms with E-state index >= 15 is 0 Å². The van der Waals surface area contributed by atoms with Gasteiger partial charge in [-0.05, 0) is 55.2 Å². The van der Waals surface area contributed by atoms with Crippen LogP contribution in [0, 0.1) is 19.8 Å². The fourth-order valence-electron chi connectivity index (χ4n) is 3.56. The highest BCUT2D eigenvalue weighted by atomic mass is 35.5. The summed E-state index contributed by atoms with van der Waals surface area (Å²) in [6.45, 7) is 12.2. The van der Waals surface area contributed by atoms with Crippen LogP contribution in [0.2, 0.25) is 10.0 Å². The first-order valence-electron chi connectivity index (χ1n) is 11.4. The number of hydrogen-bond acceptors (Lipinski definition) is 5. The van der Waals surface area contributed by atoms with Crippen LogP contribution in [0.15, 0.2) is 54.2 Å². The molecule has 0 spiro atoms. The average molecular weight is 547 g/mol. The van der Waals surface area contributed by atoms with Crippen molar-refractivity contribution in [3.63, 3.8) is 0 Å². The number of carbonyl (C=O) groups is 2. The quantitative estimate of drug-likeness (QED) is 0.232. The summed E-state index contributed by atoms with van der Waals surface area (Å²) in [4.78, 5) is 25.6. The molecule has 0 fully saturated rings. The van der Waals surface area contributed by atoms with Crippen molar-refractivity contribution < 1.29 is 9.59 Å². The number of aryl methyl sites for hydroxylation is 1. The lowest BCUT2D eigenvalue weighted by Gasteiger charge is -2.23. The van der Waals surface area contributed by atoms with Gasteiger partial charge in [0.15, 0.2) is 11.0 Å². The van der Waals surface area contributed by atoms with Gasteiger partial charge in [0.05, 0.1) is 22.4 Å². The summed E-state index contributed by atoms with van der Waals surface area (Å²) < 4.78 is 1.86. The molecular weight excluding hydrogens is 517 g/mol. The minimum absolute atomic E-state index is 0.00163. The number of allylic oxidation sites excluding steroid dienone is 1. The van der Waals surface area contributed by atoms with Crippen molar-refractivity contribution in [2.24, 2.45) is 5.92 Å². The summed E-state index contributed by atoms with van der Waals surface area (Å²) in [7, 11) is 0. The molecule has 190 valence electrons. The molecule has 3 rings (SSSR count). The molecule has 0 saturated carbocycles. The maximum Gasteiger partial charge on any atom is 0.253 e. The fourth-order valence-corrected chi connectivity index (χ4v) is 4.81. The maximum atomic E-state index is 13.0. The van der Waals surface area contributed by atoms with Crippen LogP contribution in [0.1, 0.15) is 47.2 Å². The van der Waals surface area contributed by atoms with Gasteiger partial charge in [-0.15, -0.1) is 16.8 Å². The first-order chi connectivity index (χ1) is 17.1. The molecule has 1 aromatic heterocycles. The van der Waals surface area contributed by atoms with Crippen molar-refractivity contribution in [3.8, 4) is 0 Å². The molecule has 0 bridgehead atoms. The highest BCUT2D eigenvalue weighted by molar-refractivity contribution is 7.99. The number of thioether (sulfide) groups is 1. The Morgan fingerprint density at radius 3 is 2.58 bits per heavy atom. The van der Waals surface area contributed by atoms with Gasteiger partial charge in [0.25, 0.3) is 5.91 Å². The summed E-state index contributed by atoms with van der Waals surface area (Å²) in [6, 6.07) is 10.1. The molecule has 0 aliphatic rings. The molecule has 10 heteroatoms. The lowest BCUT2D eigenvalue weighted by atomic mass is 10.0. The molecule has 2 amide bonds. The predicted molar refractivity (Wildman–Crippen MR) is 147 cm³/mol. The van der Waals surface area contributed by atoms with Crippen LogP contribution < -0.4 is 10.6 Å². The van der Waals surface area contributed by atoms with E-state index in [1.165, 1.54) is 17.8 Å². The van der Waals surface area contributed by atoms with Crippen molar-refractivity contribution in [2.75, 3.05) is 11.1 Å². The van der Waals surface area contributed by atoms with Crippen LogP contribution in [0.4, 0.5) is 5.69 Å². The number of rotatable bonds is 10. The Bertz CT molecular complexity index is 1280.